The monoisotopic (exact) mass is 322 g/mol. The first kappa shape index (κ1) is 15.5. The average molecular weight is 323 g/mol. The number of thiophene rings is 1. The molecule has 0 aliphatic rings. The molecule has 1 aromatic carbocycles. The second-order valence-corrected chi connectivity index (χ2v) is 6.08. The molecule has 0 saturated carbocycles. The van der Waals surface area contributed by atoms with Crippen LogP contribution in [0.4, 0.5) is 10.7 Å². The van der Waals surface area contributed by atoms with E-state index in [0.717, 1.165) is 16.9 Å². The Balaban J connectivity index is 2.33. The SMILES string of the molecule is CCc1c(C)sc(NC=O)c1C(=O)Nc1ccc(Cl)cc1. The Hall–Kier alpha value is -1.85. The number of anilines is 2. The lowest BCUT2D eigenvalue weighted by Crippen LogP contribution is -2.15. The Morgan fingerprint density at radius 1 is 1.33 bits per heavy atom. The summed E-state index contributed by atoms with van der Waals surface area (Å²) in [6, 6.07) is 6.89. The Morgan fingerprint density at radius 3 is 2.57 bits per heavy atom. The molecule has 2 aromatic rings. The minimum atomic E-state index is -0.233. The molecule has 0 spiro atoms. The van der Waals surface area contributed by atoms with Crippen molar-refractivity contribution in [1.29, 1.82) is 0 Å². The number of benzene rings is 1. The standard InChI is InChI=1S/C15H15ClN2O2S/c1-3-12-9(2)21-15(17-8-19)13(12)14(20)18-11-6-4-10(16)5-7-11/h4-8H,3H2,1-2H3,(H,17,19)(H,18,20). The van der Waals surface area contributed by atoms with Crippen LogP contribution in [-0.2, 0) is 11.2 Å². The summed E-state index contributed by atoms with van der Waals surface area (Å²) in [4.78, 5) is 24.2. The third kappa shape index (κ3) is 3.43. The fourth-order valence-corrected chi connectivity index (χ4v) is 3.35. The molecule has 1 heterocycles. The van der Waals surface area contributed by atoms with Gasteiger partial charge in [-0.15, -0.1) is 11.3 Å². The van der Waals surface area contributed by atoms with Crippen molar-refractivity contribution in [2.24, 2.45) is 0 Å². The van der Waals surface area contributed by atoms with Crippen LogP contribution in [0.3, 0.4) is 0 Å². The third-order valence-electron chi connectivity index (χ3n) is 3.08. The first-order chi connectivity index (χ1) is 10.1. The van der Waals surface area contributed by atoms with Gasteiger partial charge in [-0.1, -0.05) is 18.5 Å². The summed E-state index contributed by atoms with van der Waals surface area (Å²) in [5, 5.41) is 6.61. The molecule has 2 N–H and O–H groups in total. The van der Waals surface area contributed by atoms with Crippen molar-refractivity contribution >= 4 is 45.9 Å². The lowest BCUT2D eigenvalue weighted by atomic mass is 10.1. The van der Waals surface area contributed by atoms with E-state index in [-0.39, 0.29) is 5.91 Å². The van der Waals surface area contributed by atoms with Gasteiger partial charge in [0.15, 0.2) is 0 Å². The molecule has 21 heavy (non-hydrogen) atoms. The summed E-state index contributed by atoms with van der Waals surface area (Å²) in [5.74, 6) is -0.233. The molecule has 0 bridgehead atoms. The van der Waals surface area contributed by atoms with Crippen LogP contribution >= 0.6 is 22.9 Å². The maximum absolute atomic E-state index is 12.5. The summed E-state index contributed by atoms with van der Waals surface area (Å²) >= 11 is 7.23. The van der Waals surface area contributed by atoms with E-state index in [0.29, 0.717) is 27.7 Å². The second kappa shape index (κ2) is 6.74. The van der Waals surface area contributed by atoms with Gasteiger partial charge >= 0.3 is 0 Å². The van der Waals surface area contributed by atoms with E-state index < -0.39 is 0 Å². The minimum Gasteiger partial charge on any atom is -0.322 e. The Kier molecular flexibility index (Phi) is 4.98. The van der Waals surface area contributed by atoms with Gasteiger partial charge in [-0.3, -0.25) is 9.59 Å². The van der Waals surface area contributed by atoms with Gasteiger partial charge in [0.2, 0.25) is 6.41 Å². The molecule has 0 unspecified atom stereocenters. The molecule has 0 radical (unpaired) electrons. The van der Waals surface area contributed by atoms with Crippen LogP contribution in [0.25, 0.3) is 0 Å². The first-order valence-corrected chi connectivity index (χ1v) is 7.65. The molecule has 0 fully saturated rings. The van der Waals surface area contributed by atoms with Crippen molar-refractivity contribution in [2.75, 3.05) is 10.6 Å². The van der Waals surface area contributed by atoms with Gasteiger partial charge in [0.05, 0.1) is 5.56 Å². The highest BCUT2D eigenvalue weighted by Crippen LogP contribution is 2.33. The molecular formula is C15H15ClN2O2S. The molecule has 4 nitrogen and oxygen atoms in total. The number of carbonyl (C=O) groups excluding carboxylic acids is 2. The largest absolute Gasteiger partial charge is 0.322 e. The van der Waals surface area contributed by atoms with E-state index in [1.165, 1.54) is 11.3 Å². The third-order valence-corrected chi connectivity index (χ3v) is 4.41. The van der Waals surface area contributed by atoms with Gasteiger partial charge in [0, 0.05) is 15.6 Å². The van der Waals surface area contributed by atoms with E-state index in [1.54, 1.807) is 24.3 Å². The predicted molar refractivity (Wildman–Crippen MR) is 87.5 cm³/mol. The Morgan fingerprint density at radius 2 is 2.00 bits per heavy atom. The summed E-state index contributed by atoms with van der Waals surface area (Å²) in [6.45, 7) is 3.93. The topological polar surface area (TPSA) is 58.2 Å². The first-order valence-electron chi connectivity index (χ1n) is 6.46. The normalized spacial score (nSPS) is 10.2. The highest BCUT2D eigenvalue weighted by molar-refractivity contribution is 7.16. The maximum atomic E-state index is 12.5. The summed E-state index contributed by atoms with van der Waals surface area (Å²) in [6.07, 6.45) is 1.32. The van der Waals surface area contributed by atoms with E-state index in [1.807, 2.05) is 13.8 Å². The highest BCUT2D eigenvalue weighted by Gasteiger charge is 2.21. The molecule has 110 valence electrons. The van der Waals surface area contributed by atoms with Crippen LogP contribution in [0.15, 0.2) is 24.3 Å². The fraction of sp³-hybridized carbons (Fsp3) is 0.200. The van der Waals surface area contributed by atoms with Gasteiger partial charge in [-0.05, 0) is 43.2 Å². The average Bonchev–Trinajstić information content (AvgIpc) is 2.77. The molecule has 0 atom stereocenters. The number of nitrogens with one attached hydrogen (secondary N) is 2. The zero-order valence-electron chi connectivity index (χ0n) is 11.7. The lowest BCUT2D eigenvalue weighted by Gasteiger charge is -2.08. The molecule has 6 heteroatoms. The summed E-state index contributed by atoms with van der Waals surface area (Å²) in [7, 11) is 0. The van der Waals surface area contributed by atoms with Crippen molar-refractivity contribution < 1.29 is 9.59 Å². The van der Waals surface area contributed by atoms with Gasteiger partial charge in [0.1, 0.15) is 5.00 Å². The Labute approximate surface area is 132 Å². The van der Waals surface area contributed by atoms with Gasteiger partial charge in [0.25, 0.3) is 5.91 Å². The number of rotatable bonds is 5. The molecule has 2 rings (SSSR count). The van der Waals surface area contributed by atoms with Crippen LogP contribution in [-0.4, -0.2) is 12.3 Å². The van der Waals surface area contributed by atoms with Crippen molar-refractivity contribution in [3.8, 4) is 0 Å². The van der Waals surface area contributed by atoms with Gasteiger partial charge in [-0.2, -0.15) is 0 Å². The van der Waals surface area contributed by atoms with Crippen molar-refractivity contribution in [2.45, 2.75) is 20.3 Å². The van der Waals surface area contributed by atoms with Crippen molar-refractivity contribution in [3.05, 3.63) is 45.3 Å². The van der Waals surface area contributed by atoms with E-state index in [2.05, 4.69) is 10.6 Å². The number of hydrogen-bond acceptors (Lipinski definition) is 3. The molecule has 0 aliphatic heterocycles. The smallest absolute Gasteiger partial charge is 0.258 e. The molecular weight excluding hydrogens is 308 g/mol. The number of amides is 2. The van der Waals surface area contributed by atoms with Crippen LogP contribution in [0.1, 0.15) is 27.7 Å². The second-order valence-electron chi connectivity index (χ2n) is 4.42. The predicted octanol–water partition coefficient (Wildman–Crippen LogP) is 4.09. The van der Waals surface area contributed by atoms with Crippen LogP contribution in [0, 0.1) is 6.92 Å². The van der Waals surface area contributed by atoms with Crippen molar-refractivity contribution in [3.63, 3.8) is 0 Å². The van der Waals surface area contributed by atoms with Gasteiger partial charge in [-0.25, -0.2) is 0 Å². The highest BCUT2D eigenvalue weighted by atomic mass is 35.5. The molecule has 0 saturated heterocycles. The maximum Gasteiger partial charge on any atom is 0.258 e. The van der Waals surface area contributed by atoms with Crippen LogP contribution in [0.5, 0.6) is 0 Å². The number of halogens is 1. The van der Waals surface area contributed by atoms with Crippen molar-refractivity contribution in [1.82, 2.24) is 0 Å². The van der Waals surface area contributed by atoms with E-state index in [4.69, 9.17) is 11.6 Å². The van der Waals surface area contributed by atoms with Crippen LogP contribution in [0.2, 0.25) is 5.02 Å². The molecule has 2 amide bonds. The summed E-state index contributed by atoms with van der Waals surface area (Å²) < 4.78 is 0. The zero-order valence-corrected chi connectivity index (χ0v) is 13.3. The molecule has 0 aliphatic carbocycles. The number of hydrogen-bond donors (Lipinski definition) is 2. The fourth-order valence-electron chi connectivity index (χ4n) is 2.13. The van der Waals surface area contributed by atoms with E-state index in [9.17, 15) is 9.59 Å². The lowest BCUT2D eigenvalue weighted by molar-refractivity contribution is -0.105. The number of aryl methyl sites for hydroxylation is 1. The van der Waals surface area contributed by atoms with Gasteiger partial charge < -0.3 is 10.6 Å². The minimum absolute atomic E-state index is 0.233. The van der Waals surface area contributed by atoms with E-state index >= 15 is 0 Å². The Bertz CT molecular complexity index is 665. The molecule has 1 aromatic heterocycles. The number of carbonyl (C=O) groups is 2. The summed E-state index contributed by atoms with van der Waals surface area (Å²) in [5.41, 5.74) is 2.14. The quantitative estimate of drug-likeness (QED) is 0.814. The van der Waals surface area contributed by atoms with Crippen LogP contribution < -0.4 is 10.6 Å². The zero-order chi connectivity index (χ0) is 15.4.